The van der Waals surface area contributed by atoms with E-state index < -0.39 is 0 Å². The lowest BCUT2D eigenvalue weighted by Crippen LogP contribution is -2.14. The molecule has 0 aliphatic heterocycles. The molecule has 4 nitrogen and oxygen atoms in total. The van der Waals surface area contributed by atoms with E-state index in [9.17, 15) is 9.59 Å². The molecule has 28 heavy (non-hydrogen) atoms. The molecule has 0 saturated carbocycles. The topological polar surface area (TPSA) is 54.9 Å². The summed E-state index contributed by atoms with van der Waals surface area (Å²) in [4.78, 5) is 29.8. The number of H-pyrrole nitrogens is 1. The van der Waals surface area contributed by atoms with E-state index in [4.69, 9.17) is 0 Å². The molecule has 138 valence electrons. The van der Waals surface area contributed by atoms with Gasteiger partial charge in [-0.05, 0) is 49.2 Å². The largest absolute Gasteiger partial charge is 0.354 e. The third kappa shape index (κ3) is 2.18. The minimum absolute atomic E-state index is 0.0104. The number of benzene rings is 3. The van der Waals surface area contributed by atoms with Gasteiger partial charge in [0.1, 0.15) is 0 Å². The van der Waals surface area contributed by atoms with Crippen molar-refractivity contribution < 1.29 is 0 Å². The summed E-state index contributed by atoms with van der Waals surface area (Å²) in [6, 6.07) is 17.2. The number of aryl methyl sites for hydroxylation is 2. The van der Waals surface area contributed by atoms with Crippen LogP contribution in [0.3, 0.4) is 0 Å². The number of nitrogens with zero attached hydrogens (tertiary/aromatic N) is 1. The van der Waals surface area contributed by atoms with Gasteiger partial charge < -0.3 is 9.55 Å². The maximum Gasteiger partial charge on any atom is 0.197 e. The van der Waals surface area contributed by atoms with Gasteiger partial charge in [0.25, 0.3) is 0 Å². The van der Waals surface area contributed by atoms with Crippen LogP contribution in [0.25, 0.3) is 43.6 Å². The first-order valence-corrected chi connectivity index (χ1v) is 9.67. The number of hydrogen-bond donors (Lipinski definition) is 1. The molecule has 2 heterocycles. The Morgan fingerprint density at radius 1 is 0.786 bits per heavy atom. The highest BCUT2D eigenvalue weighted by molar-refractivity contribution is 6.03. The quantitative estimate of drug-likeness (QED) is 0.458. The Morgan fingerprint density at radius 2 is 1.61 bits per heavy atom. The number of pyridine rings is 2. The van der Waals surface area contributed by atoms with Crippen LogP contribution in [0.1, 0.15) is 19.4 Å². The maximum absolute atomic E-state index is 13.4. The van der Waals surface area contributed by atoms with Crippen molar-refractivity contribution in [3.8, 4) is 0 Å². The van der Waals surface area contributed by atoms with Gasteiger partial charge in [-0.2, -0.15) is 0 Å². The van der Waals surface area contributed by atoms with Crippen LogP contribution in [0.5, 0.6) is 0 Å². The summed E-state index contributed by atoms with van der Waals surface area (Å²) in [5.41, 5.74) is 4.29. The van der Waals surface area contributed by atoms with Crippen molar-refractivity contribution in [1.29, 1.82) is 0 Å². The van der Waals surface area contributed by atoms with E-state index in [1.165, 1.54) is 0 Å². The fraction of sp³-hybridized carbons (Fsp3) is 0.167. The second-order valence-corrected chi connectivity index (χ2v) is 7.15. The zero-order chi connectivity index (χ0) is 19.4. The number of fused-ring (bicyclic) bond motifs is 4. The van der Waals surface area contributed by atoms with Crippen LogP contribution in [0.15, 0.2) is 64.2 Å². The maximum atomic E-state index is 13.4. The van der Waals surface area contributed by atoms with E-state index in [-0.39, 0.29) is 10.9 Å². The Kier molecular flexibility index (Phi) is 3.63. The Balaban J connectivity index is 2.07. The summed E-state index contributed by atoms with van der Waals surface area (Å²) in [6.07, 6.45) is 0.802. The van der Waals surface area contributed by atoms with Gasteiger partial charge in [-0.3, -0.25) is 9.59 Å². The lowest BCUT2D eigenvalue weighted by atomic mass is 10.0. The highest BCUT2D eigenvalue weighted by Crippen LogP contribution is 2.25. The van der Waals surface area contributed by atoms with Crippen molar-refractivity contribution in [3.05, 3.63) is 80.6 Å². The summed E-state index contributed by atoms with van der Waals surface area (Å²) in [5, 5.41) is 2.70. The fourth-order valence-electron chi connectivity index (χ4n) is 4.34. The van der Waals surface area contributed by atoms with E-state index in [2.05, 4.69) is 23.4 Å². The number of hydrogen-bond acceptors (Lipinski definition) is 2. The summed E-state index contributed by atoms with van der Waals surface area (Å²) >= 11 is 0. The molecule has 3 aromatic carbocycles. The molecule has 1 N–H and O–H groups in total. The van der Waals surface area contributed by atoms with Gasteiger partial charge in [0.15, 0.2) is 10.9 Å². The monoisotopic (exact) mass is 368 g/mol. The highest BCUT2D eigenvalue weighted by atomic mass is 16.1. The smallest absolute Gasteiger partial charge is 0.197 e. The number of aromatic nitrogens is 2. The Bertz CT molecular complexity index is 1520. The first-order valence-electron chi connectivity index (χ1n) is 9.67. The number of rotatable bonds is 2. The van der Waals surface area contributed by atoms with Crippen molar-refractivity contribution in [2.24, 2.45) is 0 Å². The normalized spacial score (nSPS) is 11.8. The van der Waals surface area contributed by atoms with E-state index in [1.54, 1.807) is 0 Å². The lowest BCUT2D eigenvalue weighted by molar-refractivity contribution is 0.821. The minimum atomic E-state index is -0.0104. The van der Waals surface area contributed by atoms with Crippen LogP contribution < -0.4 is 10.9 Å². The van der Waals surface area contributed by atoms with E-state index in [0.717, 1.165) is 40.5 Å². The molecule has 0 bridgehead atoms. The molecule has 5 aromatic rings. The molecule has 0 aliphatic carbocycles. The average Bonchev–Trinajstić information content (AvgIpc) is 2.73. The van der Waals surface area contributed by atoms with Gasteiger partial charge in [0.05, 0.1) is 16.6 Å². The van der Waals surface area contributed by atoms with Crippen LogP contribution in [0.2, 0.25) is 0 Å². The molecule has 0 aliphatic rings. The van der Waals surface area contributed by atoms with Crippen molar-refractivity contribution in [3.63, 3.8) is 0 Å². The zero-order valence-corrected chi connectivity index (χ0v) is 15.9. The standard InChI is InChI=1S/C24H20N2O2/c1-3-14-8-7-11-20-22(14)24(28)17-12-19-16(13-21(17)26(20)4-2)23(27)15-9-5-6-10-18(15)25-19/h5-13H,3-4H2,1-2H3,(H,25,27). The summed E-state index contributed by atoms with van der Waals surface area (Å²) in [7, 11) is 0. The molecule has 0 amide bonds. The van der Waals surface area contributed by atoms with Gasteiger partial charge >= 0.3 is 0 Å². The third-order valence-electron chi connectivity index (χ3n) is 5.70. The van der Waals surface area contributed by atoms with Gasteiger partial charge in [-0.15, -0.1) is 0 Å². The first kappa shape index (κ1) is 16.8. The van der Waals surface area contributed by atoms with Crippen LogP contribution in [0, 0.1) is 0 Å². The molecule has 2 aromatic heterocycles. The number of aromatic amines is 1. The van der Waals surface area contributed by atoms with E-state index in [0.29, 0.717) is 21.7 Å². The molecule has 4 heteroatoms. The first-order chi connectivity index (χ1) is 13.6. The molecule has 0 unspecified atom stereocenters. The Hall–Kier alpha value is -3.40. The summed E-state index contributed by atoms with van der Waals surface area (Å²) in [5.74, 6) is 0. The fourth-order valence-corrected chi connectivity index (χ4v) is 4.34. The van der Waals surface area contributed by atoms with Gasteiger partial charge in [0, 0.05) is 33.6 Å². The van der Waals surface area contributed by atoms with Crippen molar-refractivity contribution in [2.75, 3.05) is 0 Å². The second-order valence-electron chi connectivity index (χ2n) is 7.15. The molecule has 0 radical (unpaired) electrons. The van der Waals surface area contributed by atoms with E-state index in [1.807, 2.05) is 54.6 Å². The van der Waals surface area contributed by atoms with Crippen molar-refractivity contribution >= 4 is 43.6 Å². The molecule has 5 rings (SSSR count). The molecule has 0 atom stereocenters. The van der Waals surface area contributed by atoms with Gasteiger partial charge in [-0.25, -0.2) is 0 Å². The van der Waals surface area contributed by atoms with Crippen LogP contribution in [-0.4, -0.2) is 9.55 Å². The molecular weight excluding hydrogens is 348 g/mol. The molecular formula is C24H20N2O2. The molecule has 0 fully saturated rings. The third-order valence-corrected chi connectivity index (χ3v) is 5.70. The predicted molar refractivity (Wildman–Crippen MR) is 116 cm³/mol. The predicted octanol–water partition coefficient (Wildman–Crippen LogP) is 4.73. The number of nitrogens with one attached hydrogen (secondary N) is 1. The van der Waals surface area contributed by atoms with Gasteiger partial charge in [0.2, 0.25) is 0 Å². The summed E-state index contributed by atoms with van der Waals surface area (Å²) < 4.78 is 2.14. The van der Waals surface area contributed by atoms with Gasteiger partial charge in [-0.1, -0.05) is 31.2 Å². The second kappa shape index (κ2) is 6.06. The molecule has 0 saturated heterocycles. The average molecular weight is 368 g/mol. The van der Waals surface area contributed by atoms with Crippen LogP contribution in [-0.2, 0) is 13.0 Å². The zero-order valence-electron chi connectivity index (χ0n) is 15.9. The Labute approximate surface area is 161 Å². The SMILES string of the molecule is CCc1cccc2c1c(=O)c1cc3[nH]c4ccccc4c(=O)c3cc1n2CC. The van der Waals surface area contributed by atoms with Crippen LogP contribution >= 0.6 is 0 Å². The minimum Gasteiger partial charge on any atom is -0.354 e. The number of para-hydroxylation sites is 1. The van der Waals surface area contributed by atoms with Crippen molar-refractivity contribution in [1.82, 2.24) is 9.55 Å². The van der Waals surface area contributed by atoms with Crippen LogP contribution in [0.4, 0.5) is 0 Å². The lowest BCUT2D eigenvalue weighted by Gasteiger charge is -2.16. The van der Waals surface area contributed by atoms with E-state index >= 15 is 0 Å². The highest BCUT2D eigenvalue weighted by Gasteiger charge is 2.15. The summed E-state index contributed by atoms with van der Waals surface area (Å²) in [6.45, 7) is 4.85. The Morgan fingerprint density at radius 3 is 2.39 bits per heavy atom. The molecule has 0 spiro atoms. The van der Waals surface area contributed by atoms with Crippen molar-refractivity contribution in [2.45, 2.75) is 26.8 Å².